The van der Waals surface area contributed by atoms with Crippen LogP contribution >= 0.6 is 0 Å². The molecule has 1 amide bonds. The van der Waals surface area contributed by atoms with Crippen molar-refractivity contribution in [2.75, 3.05) is 0 Å². The Hall–Kier alpha value is -1.31. The van der Waals surface area contributed by atoms with Crippen molar-refractivity contribution in [3.05, 3.63) is 40.8 Å². The Bertz CT molecular complexity index is 423. The second kappa shape index (κ2) is 4.28. The van der Waals surface area contributed by atoms with Crippen LogP contribution in [0.1, 0.15) is 42.0 Å². The number of fused-ring (bicyclic) bond motifs is 1. The summed E-state index contributed by atoms with van der Waals surface area (Å²) in [6.45, 7) is 4.32. The van der Waals surface area contributed by atoms with E-state index in [-0.39, 0.29) is 11.8 Å². The van der Waals surface area contributed by atoms with Crippen molar-refractivity contribution >= 4 is 5.91 Å². The van der Waals surface area contributed by atoms with Gasteiger partial charge in [-0.15, -0.1) is 0 Å². The molecule has 1 aliphatic carbocycles. The number of rotatable bonds is 3. The summed E-state index contributed by atoms with van der Waals surface area (Å²) in [5.41, 5.74) is 10.6. The van der Waals surface area contributed by atoms with Gasteiger partial charge in [-0.05, 0) is 47.9 Å². The van der Waals surface area contributed by atoms with Gasteiger partial charge in [0.2, 0.25) is 5.91 Å². The molecule has 2 nitrogen and oxygen atoms in total. The summed E-state index contributed by atoms with van der Waals surface area (Å²) in [6, 6.07) is 4.42. The van der Waals surface area contributed by atoms with Gasteiger partial charge in [0, 0.05) is 0 Å². The van der Waals surface area contributed by atoms with Gasteiger partial charge in [0.25, 0.3) is 0 Å². The van der Waals surface area contributed by atoms with Crippen LogP contribution in [0.4, 0.5) is 0 Å². The Morgan fingerprint density at radius 1 is 1.31 bits per heavy atom. The van der Waals surface area contributed by atoms with Gasteiger partial charge in [-0.1, -0.05) is 26.0 Å². The molecule has 0 fully saturated rings. The van der Waals surface area contributed by atoms with Gasteiger partial charge < -0.3 is 5.73 Å². The quantitative estimate of drug-likeness (QED) is 0.826. The highest BCUT2D eigenvalue weighted by molar-refractivity contribution is 5.85. The minimum absolute atomic E-state index is 0.175. The van der Waals surface area contributed by atoms with Gasteiger partial charge in [0.15, 0.2) is 0 Å². The number of carbonyl (C=O) groups excluding carboxylic acids is 1. The van der Waals surface area contributed by atoms with Gasteiger partial charge in [0.1, 0.15) is 0 Å². The fourth-order valence-corrected chi connectivity index (χ4v) is 2.53. The number of carbonyl (C=O) groups is 1. The third-order valence-corrected chi connectivity index (χ3v) is 3.44. The Balaban J connectivity index is 2.48. The Morgan fingerprint density at radius 3 is 2.50 bits per heavy atom. The van der Waals surface area contributed by atoms with E-state index in [9.17, 15) is 4.79 Å². The molecule has 1 aromatic rings. The lowest BCUT2D eigenvalue weighted by molar-refractivity contribution is -0.118. The number of aryl methyl sites for hydroxylation is 2. The number of nitrogens with two attached hydrogens (primary N) is 1. The van der Waals surface area contributed by atoms with Crippen LogP contribution < -0.4 is 5.73 Å². The molecule has 0 heterocycles. The van der Waals surface area contributed by atoms with Gasteiger partial charge in [-0.25, -0.2) is 0 Å². The summed E-state index contributed by atoms with van der Waals surface area (Å²) < 4.78 is 0. The topological polar surface area (TPSA) is 43.1 Å². The number of benzene rings is 1. The summed E-state index contributed by atoms with van der Waals surface area (Å²) >= 11 is 0. The van der Waals surface area contributed by atoms with E-state index in [1.54, 1.807) is 0 Å². The van der Waals surface area contributed by atoms with E-state index in [4.69, 9.17) is 5.73 Å². The molecule has 2 heteroatoms. The van der Waals surface area contributed by atoms with Crippen LogP contribution in [0.25, 0.3) is 0 Å². The van der Waals surface area contributed by atoms with E-state index in [2.05, 4.69) is 26.0 Å². The average molecular weight is 216 g/mol. The van der Waals surface area contributed by atoms with Gasteiger partial charge >= 0.3 is 0 Å². The van der Waals surface area contributed by atoms with Crippen molar-refractivity contribution in [1.82, 2.24) is 0 Å². The molecule has 0 bridgehead atoms. The summed E-state index contributed by atoms with van der Waals surface area (Å²) in [5.74, 6) is -0.406. The largest absolute Gasteiger partial charge is 0.369 e. The van der Waals surface area contributed by atoms with Gasteiger partial charge in [-0.2, -0.15) is 0 Å². The van der Waals surface area contributed by atoms with Crippen molar-refractivity contribution in [1.29, 1.82) is 0 Å². The SMILES string of the molecule is CCc1cc2c(cc1CC)C(C(N)=O)[CH]C2. The van der Waals surface area contributed by atoms with Crippen LogP contribution in [0.2, 0.25) is 0 Å². The molecular formula is C14H18NO. The molecule has 2 rings (SSSR count). The van der Waals surface area contributed by atoms with Crippen LogP contribution in [0.3, 0.4) is 0 Å². The Morgan fingerprint density at radius 2 is 1.94 bits per heavy atom. The van der Waals surface area contributed by atoms with Crippen molar-refractivity contribution in [3.8, 4) is 0 Å². The first-order chi connectivity index (χ1) is 7.67. The summed E-state index contributed by atoms with van der Waals surface area (Å²) in [6.07, 6.45) is 4.96. The molecule has 0 spiro atoms. The number of amides is 1. The highest BCUT2D eigenvalue weighted by atomic mass is 16.1. The van der Waals surface area contributed by atoms with Crippen LogP contribution in [0.15, 0.2) is 12.1 Å². The van der Waals surface area contributed by atoms with Crippen molar-refractivity contribution < 1.29 is 4.79 Å². The lowest BCUT2D eigenvalue weighted by Crippen LogP contribution is -2.19. The maximum atomic E-state index is 11.3. The second-order valence-corrected chi connectivity index (χ2v) is 4.35. The van der Waals surface area contributed by atoms with E-state index in [0.29, 0.717) is 0 Å². The standard InChI is InChI=1S/C14H18NO/c1-3-9-7-11-5-6-12(14(15)16)13(11)8-10(9)4-2/h6-8,12H,3-5H2,1-2H3,(H2,15,16). The van der Waals surface area contributed by atoms with Crippen LogP contribution in [-0.4, -0.2) is 5.91 Å². The van der Waals surface area contributed by atoms with Gasteiger partial charge in [-0.3, -0.25) is 4.79 Å². The lowest BCUT2D eigenvalue weighted by Gasteiger charge is -2.12. The van der Waals surface area contributed by atoms with E-state index < -0.39 is 0 Å². The molecule has 0 saturated heterocycles. The predicted molar refractivity (Wildman–Crippen MR) is 65.1 cm³/mol. The normalized spacial score (nSPS) is 18.5. The fraction of sp³-hybridized carbons (Fsp3) is 0.429. The van der Waals surface area contributed by atoms with E-state index in [0.717, 1.165) is 24.8 Å². The highest BCUT2D eigenvalue weighted by Gasteiger charge is 2.27. The minimum atomic E-state index is -0.231. The molecule has 0 aromatic heterocycles. The average Bonchev–Trinajstić information content (AvgIpc) is 2.69. The first-order valence-corrected chi connectivity index (χ1v) is 5.94. The third-order valence-electron chi connectivity index (χ3n) is 3.44. The fourth-order valence-electron chi connectivity index (χ4n) is 2.53. The van der Waals surface area contributed by atoms with Crippen LogP contribution in [0.5, 0.6) is 0 Å². The van der Waals surface area contributed by atoms with Gasteiger partial charge in [0.05, 0.1) is 5.92 Å². The second-order valence-electron chi connectivity index (χ2n) is 4.35. The molecule has 1 atom stereocenters. The molecule has 1 unspecified atom stereocenters. The Labute approximate surface area is 96.8 Å². The first-order valence-electron chi connectivity index (χ1n) is 5.94. The smallest absolute Gasteiger partial charge is 0.225 e. The number of hydrogen-bond acceptors (Lipinski definition) is 1. The maximum absolute atomic E-state index is 11.3. The number of primary amides is 1. The lowest BCUT2D eigenvalue weighted by atomic mass is 9.93. The molecule has 1 aliphatic rings. The molecule has 1 radical (unpaired) electrons. The monoisotopic (exact) mass is 216 g/mol. The highest BCUT2D eigenvalue weighted by Crippen LogP contribution is 2.34. The summed E-state index contributed by atoms with van der Waals surface area (Å²) in [7, 11) is 0. The molecule has 0 aliphatic heterocycles. The predicted octanol–water partition coefficient (Wildman–Crippen LogP) is 2.14. The first kappa shape index (κ1) is 11.2. The van der Waals surface area contributed by atoms with E-state index in [1.807, 2.05) is 6.42 Å². The zero-order valence-corrected chi connectivity index (χ0v) is 9.92. The molecule has 85 valence electrons. The molecule has 1 aromatic carbocycles. The molecule has 0 saturated carbocycles. The van der Waals surface area contributed by atoms with Crippen LogP contribution in [-0.2, 0) is 24.1 Å². The molecule has 16 heavy (non-hydrogen) atoms. The van der Waals surface area contributed by atoms with E-state index in [1.165, 1.54) is 16.7 Å². The Kier molecular flexibility index (Phi) is 2.99. The number of hydrogen-bond donors (Lipinski definition) is 1. The zero-order chi connectivity index (χ0) is 11.7. The summed E-state index contributed by atoms with van der Waals surface area (Å²) in [5, 5.41) is 0. The molecule has 2 N–H and O–H groups in total. The summed E-state index contributed by atoms with van der Waals surface area (Å²) in [4.78, 5) is 11.3. The van der Waals surface area contributed by atoms with Crippen molar-refractivity contribution in [2.45, 2.75) is 39.0 Å². The van der Waals surface area contributed by atoms with Crippen LogP contribution in [0, 0.1) is 6.42 Å². The van der Waals surface area contributed by atoms with Crippen molar-refractivity contribution in [2.24, 2.45) is 5.73 Å². The molecular weight excluding hydrogens is 198 g/mol. The zero-order valence-electron chi connectivity index (χ0n) is 9.92. The third kappa shape index (κ3) is 1.73. The van der Waals surface area contributed by atoms with E-state index >= 15 is 0 Å². The minimum Gasteiger partial charge on any atom is -0.369 e. The van der Waals surface area contributed by atoms with Crippen molar-refractivity contribution in [3.63, 3.8) is 0 Å². The maximum Gasteiger partial charge on any atom is 0.225 e.